The number of carbonyl (C=O) groups excluding carboxylic acids is 1. The molecule has 1 aromatic heterocycles. The molecule has 1 aliphatic carbocycles. The summed E-state index contributed by atoms with van der Waals surface area (Å²) in [6.45, 7) is 1.41. The Balaban J connectivity index is 1.87. The number of rotatable bonds is 9. The van der Waals surface area contributed by atoms with Crippen molar-refractivity contribution in [2.24, 2.45) is 7.05 Å². The Hall–Kier alpha value is -3.24. The van der Waals surface area contributed by atoms with E-state index in [1.54, 1.807) is 6.07 Å². The van der Waals surface area contributed by atoms with Gasteiger partial charge in [0, 0.05) is 23.7 Å². The predicted molar refractivity (Wildman–Crippen MR) is 147 cm³/mol. The van der Waals surface area contributed by atoms with E-state index in [0.29, 0.717) is 3.57 Å². The van der Waals surface area contributed by atoms with Gasteiger partial charge in [-0.1, -0.05) is 6.07 Å². The fourth-order valence-corrected chi connectivity index (χ4v) is 4.58. The molecule has 1 heterocycles. The molecule has 1 amide bonds. The molecular formula is C24H24F2IN5O5S. The van der Waals surface area contributed by atoms with Crippen LogP contribution in [-0.4, -0.2) is 32.0 Å². The highest BCUT2D eigenvalue weighted by atomic mass is 127. The van der Waals surface area contributed by atoms with Crippen LogP contribution in [0.25, 0.3) is 0 Å². The maximum absolute atomic E-state index is 15.3. The number of nitrogens with zero attached hydrogens (tertiary/aromatic N) is 1. The number of amides is 1. The molecule has 0 saturated heterocycles. The van der Waals surface area contributed by atoms with E-state index in [-0.39, 0.29) is 34.4 Å². The summed E-state index contributed by atoms with van der Waals surface area (Å²) in [5.74, 6) is -3.06. The molecule has 14 heteroatoms. The molecule has 0 spiro atoms. The number of nitrogens with one attached hydrogen (secondary N) is 4. The van der Waals surface area contributed by atoms with Gasteiger partial charge >= 0.3 is 0 Å². The molecule has 4 N–H and O–H groups in total. The molecule has 0 aliphatic heterocycles. The average molecular weight is 659 g/mol. The van der Waals surface area contributed by atoms with Crippen molar-refractivity contribution in [3.8, 4) is 11.5 Å². The van der Waals surface area contributed by atoms with E-state index in [4.69, 9.17) is 4.74 Å². The van der Waals surface area contributed by atoms with Crippen molar-refractivity contribution in [1.82, 2.24) is 14.6 Å². The van der Waals surface area contributed by atoms with Gasteiger partial charge in [0.15, 0.2) is 17.3 Å². The number of hydrogen-bond acceptors (Lipinski definition) is 6. The number of ether oxygens (including phenoxy) is 1. The summed E-state index contributed by atoms with van der Waals surface area (Å²) in [7, 11) is -1.48. The molecule has 0 unspecified atom stereocenters. The van der Waals surface area contributed by atoms with Crippen LogP contribution < -0.4 is 30.4 Å². The van der Waals surface area contributed by atoms with E-state index in [9.17, 15) is 22.4 Å². The Kier molecular flexibility index (Phi) is 7.94. The van der Waals surface area contributed by atoms with Gasteiger partial charge in [0.05, 0.1) is 16.9 Å². The molecule has 4 rings (SSSR count). The summed E-state index contributed by atoms with van der Waals surface area (Å²) in [5.41, 5.74) is -1.14. The number of anilines is 3. The Morgan fingerprint density at radius 1 is 1.16 bits per heavy atom. The Morgan fingerprint density at radius 3 is 2.50 bits per heavy atom. The molecule has 202 valence electrons. The SMILES string of the molecule is CNS(=O)(=O)Nc1cccc(Oc2c(C(=O)NC3CC3)c(Nc3ccc(I)cc3F)n(C)c(=O)c2C)c1F. The van der Waals surface area contributed by atoms with Crippen LogP contribution in [0.1, 0.15) is 28.8 Å². The van der Waals surface area contributed by atoms with Crippen LogP contribution in [0.15, 0.2) is 41.2 Å². The monoisotopic (exact) mass is 659 g/mol. The topological polar surface area (TPSA) is 131 Å². The van der Waals surface area contributed by atoms with E-state index in [1.807, 2.05) is 32.0 Å². The summed E-state index contributed by atoms with van der Waals surface area (Å²) in [5, 5.41) is 5.64. The zero-order valence-electron chi connectivity index (χ0n) is 20.5. The van der Waals surface area contributed by atoms with Gasteiger partial charge in [-0.05, 0) is 72.7 Å². The standard InChI is InChI=1S/C24H24F2IN5O5S/c1-12-21(37-18-6-4-5-17(20(18)26)31-38(35,36)28-2)19(23(33)29-14-8-9-14)22(32(3)24(12)34)30-16-10-7-13(27)11-15(16)25/h4-7,10-11,14,28,30-31H,8-9H2,1-3H3,(H,29,33). The van der Waals surface area contributed by atoms with Gasteiger partial charge in [-0.3, -0.25) is 18.9 Å². The first-order chi connectivity index (χ1) is 17.9. The lowest BCUT2D eigenvalue weighted by Crippen LogP contribution is -2.32. The molecule has 38 heavy (non-hydrogen) atoms. The average Bonchev–Trinajstić information content (AvgIpc) is 3.68. The first-order valence-electron chi connectivity index (χ1n) is 11.4. The highest BCUT2D eigenvalue weighted by Crippen LogP contribution is 2.37. The summed E-state index contributed by atoms with van der Waals surface area (Å²) >= 11 is 1.95. The van der Waals surface area contributed by atoms with E-state index in [2.05, 4.69) is 10.6 Å². The number of carbonyl (C=O) groups is 1. The van der Waals surface area contributed by atoms with Crippen LogP contribution in [0.3, 0.4) is 0 Å². The Morgan fingerprint density at radius 2 is 1.87 bits per heavy atom. The third-order valence-corrected chi connectivity index (χ3v) is 7.47. The number of benzene rings is 2. The third-order valence-electron chi connectivity index (χ3n) is 5.78. The fraction of sp³-hybridized carbons (Fsp3) is 0.250. The molecule has 0 bridgehead atoms. The Bertz CT molecular complexity index is 1590. The minimum Gasteiger partial charge on any atom is -0.453 e. The van der Waals surface area contributed by atoms with E-state index in [0.717, 1.165) is 24.5 Å². The van der Waals surface area contributed by atoms with Crippen LogP contribution in [-0.2, 0) is 17.3 Å². The molecular weight excluding hydrogens is 635 g/mol. The highest BCUT2D eigenvalue weighted by Gasteiger charge is 2.31. The quantitative estimate of drug-likeness (QED) is 0.258. The number of aromatic nitrogens is 1. The van der Waals surface area contributed by atoms with Crippen molar-refractivity contribution < 1.29 is 26.7 Å². The van der Waals surface area contributed by atoms with Crippen molar-refractivity contribution in [2.75, 3.05) is 17.1 Å². The first kappa shape index (κ1) is 27.8. The zero-order valence-corrected chi connectivity index (χ0v) is 23.5. The van der Waals surface area contributed by atoms with Crippen LogP contribution in [0, 0.1) is 22.1 Å². The maximum atomic E-state index is 15.3. The van der Waals surface area contributed by atoms with Gasteiger partial charge in [0.2, 0.25) is 0 Å². The van der Waals surface area contributed by atoms with Crippen molar-refractivity contribution in [1.29, 1.82) is 0 Å². The van der Waals surface area contributed by atoms with Crippen LogP contribution in [0.2, 0.25) is 0 Å². The second kappa shape index (κ2) is 10.9. The normalized spacial score (nSPS) is 13.2. The van der Waals surface area contributed by atoms with E-state index < -0.39 is 44.7 Å². The lowest BCUT2D eigenvalue weighted by molar-refractivity contribution is 0.0948. The number of hydrogen-bond donors (Lipinski definition) is 4. The van der Waals surface area contributed by atoms with Crippen LogP contribution in [0.5, 0.6) is 11.5 Å². The third kappa shape index (κ3) is 5.91. The van der Waals surface area contributed by atoms with Crippen molar-refractivity contribution in [2.45, 2.75) is 25.8 Å². The van der Waals surface area contributed by atoms with Gasteiger partial charge in [0.1, 0.15) is 17.2 Å². The van der Waals surface area contributed by atoms with Gasteiger partial charge in [0.25, 0.3) is 21.7 Å². The summed E-state index contributed by atoms with van der Waals surface area (Å²) < 4.78 is 65.4. The molecule has 0 atom stereocenters. The second-order valence-corrected chi connectivity index (χ2v) is 11.4. The van der Waals surface area contributed by atoms with Gasteiger partial charge in [-0.25, -0.2) is 13.5 Å². The van der Waals surface area contributed by atoms with Crippen LogP contribution in [0.4, 0.5) is 26.0 Å². The smallest absolute Gasteiger partial charge is 0.298 e. The van der Waals surface area contributed by atoms with Crippen molar-refractivity contribution in [3.63, 3.8) is 0 Å². The highest BCUT2D eigenvalue weighted by molar-refractivity contribution is 14.1. The van der Waals surface area contributed by atoms with Gasteiger partial charge in [-0.15, -0.1) is 0 Å². The van der Waals surface area contributed by atoms with Crippen LogP contribution >= 0.6 is 22.6 Å². The Labute approximate surface area is 231 Å². The summed E-state index contributed by atoms with van der Waals surface area (Å²) in [6, 6.07) is 8.05. The van der Waals surface area contributed by atoms with Gasteiger partial charge in [-0.2, -0.15) is 8.42 Å². The fourth-order valence-electron chi connectivity index (χ4n) is 3.58. The minimum atomic E-state index is -4.04. The number of pyridine rings is 1. The van der Waals surface area contributed by atoms with Gasteiger partial charge < -0.3 is 15.4 Å². The molecule has 0 radical (unpaired) electrons. The molecule has 10 nitrogen and oxygen atoms in total. The predicted octanol–water partition coefficient (Wildman–Crippen LogP) is 3.88. The lowest BCUT2D eigenvalue weighted by atomic mass is 10.1. The molecule has 1 aliphatic rings. The second-order valence-electron chi connectivity index (χ2n) is 8.57. The molecule has 1 fully saturated rings. The lowest BCUT2D eigenvalue weighted by Gasteiger charge is -2.21. The van der Waals surface area contributed by atoms with Crippen molar-refractivity contribution >= 4 is 55.9 Å². The molecule has 2 aromatic carbocycles. The molecule has 1 saturated carbocycles. The summed E-state index contributed by atoms with van der Waals surface area (Å²) in [6.07, 6.45) is 1.53. The minimum absolute atomic E-state index is 0.00495. The number of halogens is 3. The largest absolute Gasteiger partial charge is 0.453 e. The summed E-state index contributed by atoms with van der Waals surface area (Å²) in [4.78, 5) is 26.6. The first-order valence-corrected chi connectivity index (χ1v) is 13.9. The zero-order chi connectivity index (χ0) is 27.8. The van der Waals surface area contributed by atoms with E-state index in [1.165, 1.54) is 44.3 Å². The maximum Gasteiger partial charge on any atom is 0.298 e. The van der Waals surface area contributed by atoms with Crippen molar-refractivity contribution in [3.05, 3.63) is 73.1 Å². The molecule has 3 aromatic rings. The van der Waals surface area contributed by atoms with E-state index >= 15 is 4.39 Å².